The van der Waals surface area contributed by atoms with Crippen molar-refractivity contribution in [2.45, 2.75) is 51.5 Å². The van der Waals surface area contributed by atoms with E-state index in [2.05, 4.69) is 35.9 Å². The Balaban J connectivity index is 1.62. The van der Waals surface area contributed by atoms with Crippen LogP contribution in [0, 0.1) is 13.8 Å². The molecule has 1 aliphatic rings. The number of nitrogens with zero attached hydrogens (tertiary/aromatic N) is 5. The summed E-state index contributed by atoms with van der Waals surface area (Å²) in [5, 5.41) is 8.25. The quantitative estimate of drug-likeness (QED) is 0.711. The second kappa shape index (κ2) is 8.00. The molecule has 1 saturated heterocycles. The molecule has 29 heavy (non-hydrogen) atoms. The molecule has 0 N–H and O–H groups in total. The minimum atomic E-state index is -3.62. The molecule has 1 fully saturated rings. The number of aryl methyl sites for hydroxylation is 2. The first-order valence-corrected chi connectivity index (χ1v) is 11.2. The van der Waals surface area contributed by atoms with E-state index in [9.17, 15) is 13.2 Å². The van der Waals surface area contributed by atoms with Crippen LogP contribution in [-0.4, -0.2) is 65.3 Å². The Morgan fingerprint density at radius 3 is 2.28 bits per heavy atom. The van der Waals surface area contributed by atoms with Crippen molar-refractivity contribution in [1.82, 2.24) is 24.1 Å². The molecule has 0 aliphatic carbocycles. The predicted octanol–water partition coefficient (Wildman–Crippen LogP) is 1.15. The molecule has 0 amide bonds. The minimum Gasteiger partial charge on any atom is -0.360 e. The van der Waals surface area contributed by atoms with Crippen LogP contribution in [-0.2, 0) is 22.0 Å². The van der Waals surface area contributed by atoms with Gasteiger partial charge in [0, 0.05) is 44.2 Å². The van der Waals surface area contributed by atoms with Gasteiger partial charge in [0.15, 0.2) is 5.76 Å². The molecule has 2 aromatic heterocycles. The molecule has 2 aromatic rings. The molecule has 160 valence electrons. The zero-order chi connectivity index (χ0) is 21.4. The van der Waals surface area contributed by atoms with E-state index in [1.54, 1.807) is 26.0 Å². The van der Waals surface area contributed by atoms with Crippen LogP contribution >= 0.6 is 0 Å². The van der Waals surface area contributed by atoms with Crippen LogP contribution in [0.5, 0.6) is 0 Å². The highest BCUT2D eigenvalue weighted by Crippen LogP contribution is 2.24. The lowest BCUT2D eigenvalue weighted by Crippen LogP contribution is -2.49. The van der Waals surface area contributed by atoms with E-state index in [-0.39, 0.29) is 15.9 Å². The van der Waals surface area contributed by atoms with Crippen LogP contribution in [0.2, 0.25) is 0 Å². The molecule has 1 aliphatic heterocycles. The Morgan fingerprint density at radius 2 is 1.72 bits per heavy atom. The zero-order valence-corrected chi connectivity index (χ0v) is 18.5. The van der Waals surface area contributed by atoms with Gasteiger partial charge in [-0.2, -0.15) is 9.40 Å². The maximum atomic E-state index is 12.9. The Labute approximate surface area is 171 Å². The topological polar surface area (TPSA) is 102 Å². The highest BCUT2D eigenvalue weighted by molar-refractivity contribution is 7.89. The Bertz CT molecular complexity index is 1010. The van der Waals surface area contributed by atoms with Crippen molar-refractivity contribution in [3.63, 3.8) is 0 Å². The average molecular weight is 424 g/mol. The van der Waals surface area contributed by atoms with Gasteiger partial charge in [0.2, 0.25) is 10.0 Å². The van der Waals surface area contributed by atoms with E-state index < -0.39 is 10.0 Å². The van der Waals surface area contributed by atoms with Gasteiger partial charge < -0.3 is 4.52 Å². The summed E-state index contributed by atoms with van der Waals surface area (Å²) in [4.78, 5) is 14.4. The summed E-state index contributed by atoms with van der Waals surface area (Å²) in [5.41, 5.74) is 0.993. The summed E-state index contributed by atoms with van der Waals surface area (Å²) in [6.07, 6.45) is 0. The molecule has 0 aromatic carbocycles. The molecule has 10 heteroatoms. The predicted molar refractivity (Wildman–Crippen MR) is 108 cm³/mol. The van der Waals surface area contributed by atoms with Crippen molar-refractivity contribution in [3.8, 4) is 0 Å². The molecule has 0 unspecified atom stereocenters. The highest BCUT2D eigenvalue weighted by atomic mass is 32.2. The molecule has 0 radical (unpaired) electrons. The monoisotopic (exact) mass is 423 g/mol. The maximum Gasteiger partial charge on any atom is 0.266 e. The first-order chi connectivity index (χ1) is 13.5. The smallest absolute Gasteiger partial charge is 0.266 e. The molecule has 9 nitrogen and oxygen atoms in total. The summed E-state index contributed by atoms with van der Waals surface area (Å²) in [6.45, 7) is 12.5. The fraction of sp³-hybridized carbons (Fsp3) is 0.632. The van der Waals surface area contributed by atoms with Crippen LogP contribution in [0.3, 0.4) is 0 Å². The van der Waals surface area contributed by atoms with Crippen molar-refractivity contribution in [2.75, 3.05) is 32.7 Å². The Kier molecular flexibility index (Phi) is 5.98. The summed E-state index contributed by atoms with van der Waals surface area (Å²) >= 11 is 0. The van der Waals surface area contributed by atoms with Crippen LogP contribution in [0.25, 0.3) is 0 Å². The second-order valence-electron chi connectivity index (χ2n) is 8.43. The van der Waals surface area contributed by atoms with Crippen molar-refractivity contribution in [2.24, 2.45) is 0 Å². The lowest BCUT2D eigenvalue weighted by atomic mass is 9.92. The number of hydrogen-bond acceptors (Lipinski definition) is 7. The van der Waals surface area contributed by atoms with E-state index in [4.69, 9.17) is 4.52 Å². The molecular formula is C19H29N5O4S. The van der Waals surface area contributed by atoms with Gasteiger partial charge in [-0.05, 0) is 19.9 Å². The van der Waals surface area contributed by atoms with Gasteiger partial charge in [-0.3, -0.25) is 9.69 Å². The van der Waals surface area contributed by atoms with Crippen LogP contribution in [0.4, 0.5) is 0 Å². The summed E-state index contributed by atoms with van der Waals surface area (Å²) in [6, 6.07) is 3.33. The summed E-state index contributed by atoms with van der Waals surface area (Å²) in [7, 11) is -3.62. The third-order valence-corrected chi connectivity index (χ3v) is 7.30. The first kappa shape index (κ1) is 21.7. The molecule has 0 bridgehead atoms. The van der Waals surface area contributed by atoms with Gasteiger partial charge in [0.1, 0.15) is 10.6 Å². The third-order valence-electron chi connectivity index (χ3n) is 5.16. The molecule has 3 heterocycles. The zero-order valence-electron chi connectivity index (χ0n) is 17.7. The van der Waals surface area contributed by atoms with E-state index in [1.165, 1.54) is 8.99 Å². The standard InChI is InChI=1S/C19H29N5O4S/c1-14-18(15(2)28-21-14)29(26,27)23-11-8-22(9-12-23)10-13-24-17(25)7-6-16(20-24)19(3,4)5/h6-7H,8-13H2,1-5H3. The van der Waals surface area contributed by atoms with E-state index in [1.807, 2.05) is 0 Å². The van der Waals surface area contributed by atoms with Crippen molar-refractivity contribution in [1.29, 1.82) is 0 Å². The SMILES string of the molecule is Cc1noc(C)c1S(=O)(=O)N1CCN(CCn2nc(C(C)(C)C)ccc2=O)CC1. The van der Waals surface area contributed by atoms with Crippen LogP contribution in [0.1, 0.15) is 37.9 Å². The van der Waals surface area contributed by atoms with Gasteiger partial charge in [-0.25, -0.2) is 13.1 Å². The second-order valence-corrected chi connectivity index (χ2v) is 10.3. The van der Waals surface area contributed by atoms with E-state index in [0.717, 1.165) is 5.69 Å². The van der Waals surface area contributed by atoms with Gasteiger partial charge >= 0.3 is 0 Å². The lowest BCUT2D eigenvalue weighted by molar-refractivity contribution is 0.179. The van der Waals surface area contributed by atoms with Gasteiger partial charge in [0.25, 0.3) is 5.56 Å². The first-order valence-electron chi connectivity index (χ1n) is 9.74. The number of sulfonamides is 1. The fourth-order valence-corrected chi connectivity index (χ4v) is 5.12. The van der Waals surface area contributed by atoms with Crippen molar-refractivity contribution < 1.29 is 12.9 Å². The normalized spacial score (nSPS) is 17.0. The minimum absolute atomic E-state index is 0.127. The van der Waals surface area contributed by atoms with Gasteiger partial charge in [-0.1, -0.05) is 25.9 Å². The molecule has 3 rings (SSSR count). The van der Waals surface area contributed by atoms with E-state index in [0.29, 0.717) is 50.7 Å². The molecule has 0 saturated carbocycles. The number of aromatic nitrogens is 3. The molecule has 0 spiro atoms. The Morgan fingerprint density at radius 1 is 1.07 bits per heavy atom. The average Bonchev–Trinajstić information content (AvgIpc) is 2.99. The summed E-state index contributed by atoms with van der Waals surface area (Å²) < 4.78 is 33.8. The van der Waals surface area contributed by atoms with Gasteiger partial charge in [0.05, 0.1) is 12.2 Å². The lowest BCUT2D eigenvalue weighted by Gasteiger charge is -2.33. The number of piperazine rings is 1. The maximum absolute atomic E-state index is 12.9. The van der Waals surface area contributed by atoms with E-state index >= 15 is 0 Å². The van der Waals surface area contributed by atoms with Gasteiger partial charge in [-0.15, -0.1) is 0 Å². The molecule has 0 atom stereocenters. The number of rotatable bonds is 5. The molecular weight excluding hydrogens is 394 g/mol. The van der Waals surface area contributed by atoms with Crippen molar-refractivity contribution >= 4 is 10.0 Å². The largest absolute Gasteiger partial charge is 0.360 e. The fourth-order valence-electron chi connectivity index (χ4n) is 3.41. The third kappa shape index (κ3) is 4.59. The van der Waals surface area contributed by atoms with Crippen molar-refractivity contribution in [3.05, 3.63) is 39.6 Å². The Hall–Kier alpha value is -2.04. The van der Waals surface area contributed by atoms with Crippen LogP contribution in [0.15, 0.2) is 26.3 Å². The van der Waals surface area contributed by atoms with Crippen LogP contribution < -0.4 is 5.56 Å². The summed E-state index contributed by atoms with van der Waals surface area (Å²) in [5.74, 6) is 0.314. The number of hydrogen-bond donors (Lipinski definition) is 0. The highest BCUT2D eigenvalue weighted by Gasteiger charge is 2.33.